The lowest BCUT2D eigenvalue weighted by Gasteiger charge is -2.18. The first-order valence-corrected chi connectivity index (χ1v) is 12.0. The molecule has 1 atom stereocenters. The summed E-state index contributed by atoms with van der Waals surface area (Å²) in [4.78, 5) is 15.0. The highest BCUT2D eigenvalue weighted by Crippen LogP contribution is 2.13. The third-order valence-electron chi connectivity index (χ3n) is 5.61. The van der Waals surface area contributed by atoms with Gasteiger partial charge in [-0.1, -0.05) is 49.4 Å². The van der Waals surface area contributed by atoms with Crippen LogP contribution in [0.5, 0.6) is 5.75 Å². The van der Waals surface area contributed by atoms with Crippen molar-refractivity contribution >= 4 is 5.70 Å². The molecule has 2 aromatic rings. The summed E-state index contributed by atoms with van der Waals surface area (Å²) in [5.41, 5.74) is 1.76. The number of ether oxygens (including phenoxy) is 2. The number of rotatable bonds is 9. The molecule has 0 bridgehead atoms. The predicted molar refractivity (Wildman–Crippen MR) is 138 cm³/mol. The number of likely N-dealkylation sites (tertiary alicyclic amines) is 1. The van der Waals surface area contributed by atoms with Gasteiger partial charge in [0.1, 0.15) is 12.4 Å². The van der Waals surface area contributed by atoms with Crippen LogP contribution in [0.4, 0.5) is 0 Å². The normalized spacial score (nSPS) is 15.5. The van der Waals surface area contributed by atoms with Crippen LogP contribution in [0.1, 0.15) is 52.5 Å². The Bertz CT molecular complexity index is 926. The zero-order valence-electron chi connectivity index (χ0n) is 20.9. The molecule has 1 aromatic heterocycles. The van der Waals surface area contributed by atoms with Crippen molar-refractivity contribution in [2.45, 2.75) is 65.7 Å². The average molecular weight is 453 g/mol. The minimum Gasteiger partial charge on any atom is -0.489 e. The molecule has 1 saturated heterocycles. The maximum atomic E-state index is 12.5. The molecule has 1 aromatic carbocycles. The standard InChI is InChI=1S/C21H25NO3.C7H15N/c1-4-8-19(12-11-17(2)24-3)22-14-13-20(15-21(22)23)25-16-18-9-6-5-7-10-18;1-7(2)8-5-3-4-6-8/h5-15,17H,4,16H2,1-3H3;7H,3-6H2,1-2H3/b12-11-,19-8+;. The minimum atomic E-state index is -0.125. The van der Waals surface area contributed by atoms with E-state index in [-0.39, 0.29) is 11.7 Å². The van der Waals surface area contributed by atoms with Crippen LogP contribution < -0.4 is 10.3 Å². The fourth-order valence-electron chi connectivity index (χ4n) is 3.53. The van der Waals surface area contributed by atoms with Crippen molar-refractivity contribution in [1.82, 2.24) is 9.47 Å². The monoisotopic (exact) mass is 452 g/mol. The lowest BCUT2D eigenvalue weighted by Crippen LogP contribution is -2.26. The summed E-state index contributed by atoms with van der Waals surface area (Å²) in [7, 11) is 1.66. The zero-order chi connectivity index (χ0) is 24.1. The third kappa shape index (κ3) is 9.40. The summed E-state index contributed by atoms with van der Waals surface area (Å²) >= 11 is 0. The van der Waals surface area contributed by atoms with Gasteiger partial charge in [0.2, 0.25) is 0 Å². The van der Waals surface area contributed by atoms with E-state index in [2.05, 4.69) is 18.7 Å². The van der Waals surface area contributed by atoms with Gasteiger partial charge >= 0.3 is 0 Å². The molecule has 3 rings (SSSR count). The molecular weight excluding hydrogens is 412 g/mol. The fourth-order valence-corrected chi connectivity index (χ4v) is 3.53. The van der Waals surface area contributed by atoms with Crippen LogP contribution in [0.25, 0.3) is 5.70 Å². The van der Waals surface area contributed by atoms with Crippen molar-refractivity contribution < 1.29 is 9.47 Å². The third-order valence-corrected chi connectivity index (χ3v) is 5.61. The second-order valence-electron chi connectivity index (χ2n) is 8.52. The van der Waals surface area contributed by atoms with Gasteiger partial charge in [0.15, 0.2) is 0 Å². The van der Waals surface area contributed by atoms with E-state index in [4.69, 9.17) is 9.47 Å². The van der Waals surface area contributed by atoms with Crippen LogP contribution in [0, 0.1) is 0 Å². The molecule has 0 spiro atoms. The van der Waals surface area contributed by atoms with Gasteiger partial charge in [-0.15, -0.1) is 0 Å². The Morgan fingerprint density at radius 1 is 1.09 bits per heavy atom. The van der Waals surface area contributed by atoms with Crippen LogP contribution in [-0.4, -0.2) is 41.8 Å². The molecule has 1 aliphatic heterocycles. The van der Waals surface area contributed by atoms with Crippen molar-refractivity contribution in [3.63, 3.8) is 0 Å². The zero-order valence-corrected chi connectivity index (χ0v) is 20.9. The molecule has 5 nitrogen and oxygen atoms in total. The lowest BCUT2D eigenvalue weighted by molar-refractivity contribution is 0.156. The summed E-state index contributed by atoms with van der Waals surface area (Å²) in [5.74, 6) is 0.565. The molecule has 0 N–H and O–H groups in total. The molecule has 33 heavy (non-hydrogen) atoms. The van der Waals surface area contributed by atoms with Crippen molar-refractivity contribution in [2.24, 2.45) is 0 Å². The average Bonchev–Trinajstić information content (AvgIpc) is 3.37. The first-order chi connectivity index (χ1) is 15.9. The highest BCUT2D eigenvalue weighted by atomic mass is 16.5. The maximum Gasteiger partial charge on any atom is 0.258 e. The van der Waals surface area contributed by atoms with Gasteiger partial charge in [-0.25, -0.2) is 0 Å². The molecular formula is C28H40N2O3. The van der Waals surface area contributed by atoms with E-state index in [1.54, 1.807) is 23.9 Å². The summed E-state index contributed by atoms with van der Waals surface area (Å²) in [6.07, 6.45) is 11.2. The van der Waals surface area contributed by atoms with Gasteiger partial charge in [-0.2, -0.15) is 0 Å². The molecule has 0 amide bonds. The topological polar surface area (TPSA) is 43.7 Å². The van der Waals surface area contributed by atoms with Gasteiger partial charge in [-0.05, 0) is 70.8 Å². The lowest BCUT2D eigenvalue weighted by atomic mass is 10.2. The highest BCUT2D eigenvalue weighted by molar-refractivity contribution is 5.57. The number of hydrogen-bond acceptors (Lipinski definition) is 4. The summed E-state index contributed by atoms with van der Waals surface area (Å²) < 4.78 is 12.5. The van der Waals surface area contributed by atoms with Gasteiger partial charge in [0.05, 0.1) is 6.10 Å². The van der Waals surface area contributed by atoms with E-state index in [1.165, 1.54) is 32.0 Å². The van der Waals surface area contributed by atoms with Gasteiger partial charge < -0.3 is 14.4 Å². The molecule has 180 valence electrons. The van der Waals surface area contributed by atoms with Gasteiger partial charge in [-0.3, -0.25) is 9.36 Å². The second kappa shape index (κ2) is 14.5. The second-order valence-corrected chi connectivity index (χ2v) is 8.52. The number of hydrogen-bond donors (Lipinski definition) is 0. The largest absolute Gasteiger partial charge is 0.489 e. The Labute approximate surface area is 199 Å². The van der Waals surface area contributed by atoms with E-state index < -0.39 is 0 Å². The minimum absolute atomic E-state index is 0.00978. The van der Waals surface area contributed by atoms with E-state index in [1.807, 2.05) is 62.4 Å². The van der Waals surface area contributed by atoms with Crippen LogP contribution in [0.2, 0.25) is 0 Å². The van der Waals surface area contributed by atoms with Crippen LogP contribution in [0.15, 0.2) is 71.7 Å². The molecule has 5 heteroatoms. The highest BCUT2D eigenvalue weighted by Gasteiger charge is 2.13. The van der Waals surface area contributed by atoms with Crippen LogP contribution in [-0.2, 0) is 11.3 Å². The van der Waals surface area contributed by atoms with Crippen molar-refractivity contribution in [2.75, 3.05) is 20.2 Å². The fraction of sp³-hybridized carbons (Fsp3) is 0.464. The van der Waals surface area contributed by atoms with Crippen molar-refractivity contribution in [3.8, 4) is 5.75 Å². The molecule has 1 fully saturated rings. The Balaban J connectivity index is 0.000000405. The van der Waals surface area contributed by atoms with E-state index in [0.29, 0.717) is 12.4 Å². The molecule has 1 aliphatic rings. The number of pyridine rings is 1. The number of benzene rings is 1. The number of methoxy groups -OCH3 is 1. The predicted octanol–water partition coefficient (Wildman–Crippen LogP) is 5.76. The smallest absolute Gasteiger partial charge is 0.258 e. The Morgan fingerprint density at radius 3 is 2.33 bits per heavy atom. The number of aromatic nitrogens is 1. The van der Waals surface area contributed by atoms with Crippen molar-refractivity contribution in [1.29, 1.82) is 0 Å². The van der Waals surface area contributed by atoms with E-state index >= 15 is 0 Å². The Hall–Kier alpha value is -2.63. The summed E-state index contributed by atoms with van der Waals surface area (Å²) in [6.45, 7) is 11.6. The summed E-state index contributed by atoms with van der Waals surface area (Å²) in [5, 5.41) is 0. The van der Waals surface area contributed by atoms with E-state index in [0.717, 1.165) is 23.7 Å². The molecule has 1 unspecified atom stereocenters. The SMILES string of the molecule is CC(C)N1CCCC1.CC/C=C(\C=C/C(C)OC)n1ccc(OCc2ccccc2)cc1=O. The van der Waals surface area contributed by atoms with Crippen LogP contribution in [0.3, 0.4) is 0 Å². The molecule has 2 heterocycles. The first-order valence-electron chi connectivity index (χ1n) is 12.0. The molecule has 0 saturated carbocycles. The number of nitrogens with zero attached hydrogens (tertiary/aromatic N) is 2. The van der Waals surface area contributed by atoms with E-state index in [9.17, 15) is 4.79 Å². The number of allylic oxidation sites excluding steroid dienone is 3. The first kappa shape index (κ1) is 26.6. The van der Waals surface area contributed by atoms with Crippen LogP contribution >= 0.6 is 0 Å². The Kier molecular flexibility index (Phi) is 11.7. The molecule has 0 aliphatic carbocycles. The Morgan fingerprint density at radius 2 is 1.79 bits per heavy atom. The summed E-state index contributed by atoms with van der Waals surface area (Å²) in [6, 6.07) is 14.0. The molecule has 0 radical (unpaired) electrons. The van der Waals surface area contributed by atoms with Crippen molar-refractivity contribution in [3.05, 3.63) is 82.8 Å². The quantitative estimate of drug-likeness (QED) is 0.454. The van der Waals surface area contributed by atoms with Gasteiger partial charge in [0, 0.05) is 31.1 Å². The maximum absolute atomic E-state index is 12.5. The van der Waals surface area contributed by atoms with Gasteiger partial charge in [0.25, 0.3) is 5.56 Å².